The van der Waals surface area contributed by atoms with E-state index in [4.69, 9.17) is 14.3 Å². The van der Waals surface area contributed by atoms with Crippen molar-refractivity contribution in [2.75, 3.05) is 13.1 Å². The van der Waals surface area contributed by atoms with Crippen molar-refractivity contribution >= 4 is 11.9 Å². The fraction of sp³-hybridized carbons (Fsp3) is 0.619. The maximum Gasteiger partial charge on any atom is 0.490 e. The van der Waals surface area contributed by atoms with E-state index in [0.29, 0.717) is 5.82 Å². The minimum Gasteiger partial charge on any atom is -0.475 e. The molecule has 12 heteroatoms. The van der Waals surface area contributed by atoms with Gasteiger partial charge in [0.05, 0.1) is 12.5 Å². The highest BCUT2D eigenvalue weighted by atomic mass is 19.4. The van der Waals surface area contributed by atoms with Crippen molar-refractivity contribution in [1.29, 1.82) is 0 Å². The van der Waals surface area contributed by atoms with Crippen LogP contribution in [-0.2, 0) is 24.3 Å². The quantitative estimate of drug-likeness (QED) is 0.705. The van der Waals surface area contributed by atoms with Gasteiger partial charge in [0, 0.05) is 31.1 Å². The number of carboxylic acid groups (broad SMARTS) is 1. The van der Waals surface area contributed by atoms with Crippen LogP contribution >= 0.6 is 0 Å². The number of alkyl halides is 3. The summed E-state index contributed by atoms with van der Waals surface area (Å²) in [4.78, 5) is 23.8. The number of carbonyl (C=O) groups excluding carboxylic acids is 1. The van der Waals surface area contributed by atoms with Gasteiger partial charge in [-0.05, 0) is 57.7 Å². The number of aromatic nitrogens is 3. The molecule has 4 heterocycles. The molecule has 9 nitrogen and oxygen atoms in total. The van der Waals surface area contributed by atoms with Crippen molar-refractivity contribution in [2.24, 2.45) is 5.41 Å². The van der Waals surface area contributed by atoms with E-state index in [-0.39, 0.29) is 17.4 Å². The molecule has 2 aromatic heterocycles. The summed E-state index contributed by atoms with van der Waals surface area (Å²) in [6, 6.07) is 2.13. The molecule has 0 aliphatic carbocycles. The summed E-state index contributed by atoms with van der Waals surface area (Å²) >= 11 is 0. The summed E-state index contributed by atoms with van der Waals surface area (Å²) in [7, 11) is 0. The average Bonchev–Trinajstić information content (AvgIpc) is 3.38. The van der Waals surface area contributed by atoms with Crippen LogP contribution in [0.15, 0.2) is 23.0 Å². The monoisotopic (exact) mass is 471 g/mol. The highest BCUT2D eigenvalue weighted by molar-refractivity contribution is 5.90. The lowest BCUT2D eigenvalue weighted by atomic mass is 9.73. The number of aryl methyl sites for hydroxylation is 1. The molecule has 0 bridgehead atoms. The molecule has 1 amide bonds. The van der Waals surface area contributed by atoms with E-state index in [0.717, 1.165) is 57.7 Å². The van der Waals surface area contributed by atoms with Crippen molar-refractivity contribution < 1.29 is 32.3 Å². The Kier molecular flexibility index (Phi) is 7.45. The number of fused-ring (bicyclic) bond motifs is 1. The molecular weight excluding hydrogens is 443 g/mol. The number of nitrogens with one attached hydrogen (secondary N) is 1. The third-order valence-corrected chi connectivity index (χ3v) is 5.97. The van der Waals surface area contributed by atoms with E-state index in [1.54, 1.807) is 6.26 Å². The lowest BCUT2D eigenvalue weighted by Gasteiger charge is -2.44. The van der Waals surface area contributed by atoms with Crippen LogP contribution in [0.4, 0.5) is 13.2 Å². The Morgan fingerprint density at radius 3 is 2.45 bits per heavy atom. The molecule has 0 aromatic carbocycles. The minimum absolute atomic E-state index is 0.0964. The largest absolute Gasteiger partial charge is 0.490 e. The van der Waals surface area contributed by atoms with Crippen LogP contribution in [0.25, 0.3) is 0 Å². The van der Waals surface area contributed by atoms with Crippen molar-refractivity contribution in [3.63, 3.8) is 0 Å². The zero-order valence-corrected chi connectivity index (χ0v) is 18.6. The van der Waals surface area contributed by atoms with Crippen LogP contribution in [0.5, 0.6) is 0 Å². The second kappa shape index (κ2) is 9.94. The molecule has 1 fully saturated rings. The smallest absolute Gasteiger partial charge is 0.475 e. The van der Waals surface area contributed by atoms with Gasteiger partial charge in [-0.3, -0.25) is 9.69 Å². The molecule has 2 aromatic rings. The van der Waals surface area contributed by atoms with E-state index in [1.807, 2.05) is 26.2 Å². The predicted molar refractivity (Wildman–Crippen MR) is 110 cm³/mol. The summed E-state index contributed by atoms with van der Waals surface area (Å²) in [6.07, 6.45) is 2.81. The molecule has 2 N–H and O–H groups in total. The van der Waals surface area contributed by atoms with Gasteiger partial charge in [-0.1, -0.05) is 0 Å². The summed E-state index contributed by atoms with van der Waals surface area (Å²) in [6.45, 7) is 7.89. The zero-order valence-electron chi connectivity index (χ0n) is 18.6. The number of hydrogen-bond acceptors (Lipinski definition) is 6. The molecule has 33 heavy (non-hydrogen) atoms. The van der Waals surface area contributed by atoms with Crippen LogP contribution in [0.2, 0.25) is 0 Å². The Hall–Kier alpha value is -2.89. The second-order valence-corrected chi connectivity index (χ2v) is 8.86. The average molecular weight is 471 g/mol. The molecule has 182 valence electrons. The second-order valence-electron chi connectivity index (χ2n) is 8.86. The predicted octanol–water partition coefficient (Wildman–Crippen LogP) is 2.87. The van der Waals surface area contributed by atoms with Gasteiger partial charge in [0.1, 0.15) is 5.82 Å². The van der Waals surface area contributed by atoms with Crippen molar-refractivity contribution in [1.82, 2.24) is 25.0 Å². The fourth-order valence-electron chi connectivity index (χ4n) is 4.21. The van der Waals surface area contributed by atoms with Crippen LogP contribution in [0.3, 0.4) is 0 Å². The Morgan fingerprint density at radius 1 is 1.24 bits per heavy atom. The number of nitrogens with zero attached hydrogens (tertiary/aromatic N) is 4. The summed E-state index contributed by atoms with van der Waals surface area (Å²) in [5.41, 5.74) is 1.49. The van der Waals surface area contributed by atoms with Gasteiger partial charge in [0.15, 0.2) is 0 Å². The van der Waals surface area contributed by atoms with Gasteiger partial charge >= 0.3 is 12.1 Å². The molecule has 0 unspecified atom stereocenters. The van der Waals surface area contributed by atoms with E-state index in [9.17, 15) is 18.0 Å². The molecule has 2 aliphatic rings. The molecule has 4 rings (SSSR count). The maximum atomic E-state index is 12.4. The number of carboxylic acids is 1. The molecule has 0 atom stereocenters. The highest BCUT2D eigenvalue weighted by Crippen LogP contribution is 2.41. The minimum atomic E-state index is -5.08. The van der Waals surface area contributed by atoms with Gasteiger partial charge in [-0.2, -0.15) is 13.2 Å². The fourth-order valence-corrected chi connectivity index (χ4v) is 4.21. The van der Waals surface area contributed by atoms with Crippen molar-refractivity contribution in [3.8, 4) is 0 Å². The number of likely N-dealkylation sites (tertiary alicyclic amines) is 1. The molecule has 2 aliphatic heterocycles. The van der Waals surface area contributed by atoms with Gasteiger partial charge < -0.3 is 19.4 Å². The third-order valence-electron chi connectivity index (χ3n) is 5.97. The first-order chi connectivity index (χ1) is 15.5. The number of amides is 1. The Balaban J connectivity index is 0.000000383. The summed E-state index contributed by atoms with van der Waals surface area (Å²) in [5.74, 6) is -1.46. The Morgan fingerprint density at radius 2 is 1.91 bits per heavy atom. The lowest BCUT2D eigenvalue weighted by molar-refractivity contribution is -0.192. The number of furan rings is 1. The number of halogens is 3. The Labute approximate surface area is 189 Å². The Bertz CT molecular complexity index is 948. The van der Waals surface area contributed by atoms with Gasteiger partial charge in [-0.15, -0.1) is 10.2 Å². The standard InChI is InChI=1S/C19H27N5O2.C2HF3O2/c1-14(2)20-18(25)17-22-21-16-3-5-19(13-24(16)17)6-8-23(9-7-19)11-15-4-10-26-12-15;3-2(4,5)1(6)7/h4,10,12,14H,3,5-9,11,13H2,1-2H3,(H,20,25);(H,6,7). The number of rotatable bonds is 4. The van der Waals surface area contributed by atoms with Crippen molar-refractivity contribution in [3.05, 3.63) is 35.8 Å². The normalized spacial score (nSPS) is 17.9. The highest BCUT2D eigenvalue weighted by Gasteiger charge is 2.40. The van der Waals surface area contributed by atoms with E-state index >= 15 is 0 Å². The molecule has 1 saturated heterocycles. The van der Waals surface area contributed by atoms with Crippen LogP contribution in [0, 0.1) is 5.41 Å². The van der Waals surface area contributed by atoms with E-state index in [2.05, 4.69) is 25.0 Å². The molecule has 1 spiro atoms. The van der Waals surface area contributed by atoms with Gasteiger partial charge in [-0.25, -0.2) is 4.79 Å². The molecular formula is C21H28F3N5O4. The van der Waals surface area contributed by atoms with E-state index in [1.165, 1.54) is 5.56 Å². The van der Waals surface area contributed by atoms with Crippen molar-refractivity contribution in [2.45, 2.75) is 64.8 Å². The summed E-state index contributed by atoms with van der Waals surface area (Å²) in [5, 5.41) is 18.5. The number of piperidine rings is 1. The van der Waals surface area contributed by atoms with E-state index < -0.39 is 12.1 Å². The first-order valence-electron chi connectivity index (χ1n) is 10.8. The molecule has 0 saturated carbocycles. The van der Waals surface area contributed by atoms with Gasteiger partial charge in [0.2, 0.25) is 5.82 Å². The number of aliphatic carboxylic acids is 1. The summed E-state index contributed by atoms with van der Waals surface area (Å²) < 4.78 is 39.0. The van der Waals surface area contributed by atoms with Crippen LogP contribution in [0.1, 0.15) is 55.1 Å². The first kappa shape index (κ1) is 24.7. The zero-order chi connectivity index (χ0) is 24.2. The maximum absolute atomic E-state index is 12.4. The molecule has 0 radical (unpaired) electrons. The topological polar surface area (TPSA) is 113 Å². The number of carbonyl (C=O) groups is 2. The third kappa shape index (κ3) is 6.34. The lowest BCUT2D eigenvalue weighted by Crippen LogP contribution is -2.45. The first-order valence-corrected chi connectivity index (χ1v) is 10.8. The van der Waals surface area contributed by atoms with Crippen LogP contribution < -0.4 is 5.32 Å². The number of hydrogen-bond donors (Lipinski definition) is 2. The SMILES string of the molecule is CC(C)NC(=O)c1nnc2n1CC1(CC2)CCN(Cc2ccoc2)CC1.O=C(O)C(F)(F)F. The van der Waals surface area contributed by atoms with Gasteiger partial charge in [0.25, 0.3) is 5.91 Å². The van der Waals surface area contributed by atoms with Crippen LogP contribution in [-0.4, -0.2) is 62.0 Å².